The van der Waals surface area contributed by atoms with E-state index in [1.807, 2.05) is 29.2 Å². The number of likely N-dealkylation sites (tertiary alicyclic amines) is 1. The minimum absolute atomic E-state index is 0.0740. The van der Waals surface area contributed by atoms with Crippen LogP contribution in [0.4, 0.5) is 0 Å². The Balaban J connectivity index is 1.62. The molecular formula is C19H26N2O3. The molecule has 0 saturated carbocycles. The van der Waals surface area contributed by atoms with Crippen LogP contribution in [0.25, 0.3) is 0 Å². The molecule has 2 saturated heterocycles. The van der Waals surface area contributed by atoms with E-state index < -0.39 is 0 Å². The van der Waals surface area contributed by atoms with Crippen LogP contribution >= 0.6 is 0 Å². The number of ether oxygens (including phenoxy) is 2. The van der Waals surface area contributed by atoms with Crippen molar-refractivity contribution in [2.75, 3.05) is 46.4 Å². The van der Waals surface area contributed by atoms with Crippen molar-refractivity contribution in [3.63, 3.8) is 0 Å². The van der Waals surface area contributed by atoms with E-state index in [1.165, 1.54) is 0 Å². The zero-order valence-corrected chi connectivity index (χ0v) is 14.3. The molecule has 5 heteroatoms. The Morgan fingerprint density at radius 3 is 2.88 bits per heavy atom. The highest BCUT2D eigenvalue weighted by molar-refractivity contribution is 5.94. The summed E-state index contributed by atoms with van der Waals surface area (Å²) in [5.41, 5.74) is 0.699. The lowest BCUT2D eigenvalue weighted by atomic mass is 9.93. The van der Waals surface area contributed by atoms with E-state index in [9.17, 15) is 4.79 Å². The van der Waals surface area contributed by atoms with E-state index in [1.54, 1.807) is 6.08 Å². The van der Waals surface area contributed by atoms with Crippen LogP contribution < -0.4 is 4.74 Å². The van der Waals surface area contributed by atoms with E-state index in [-0.39, 0.29) is 12.0 Å². The van der Waals surface area contributed by atoms with Gasteiger partial charge in [-0.2, -0.15) is 0 Å². The summed E-state index contributed by atoms with van der Waals surface area (Å²) in [7, 11) is 2.14. The summed E-state index contributed by atoms with van der Waals surface area (Å²) in [5, 5.41) is 0. The Hall–Kier alpha value is -1.85. The minimum atomic E-state index is 0.0740. The summed E-state index contributed by atoms with van der Waals surface area (Å²) in [6.45, 7) is 8.35. The van der Waals surface area contributed by atoms with Crippen LogP contribution in [0.5, 0.6) is 5.75 Å². The van der Waals surface area contributed by atoms with E-state index in [0.717, 1.165) is 38.4 Å². The van der Waals surface area contributed by atoms with Crippen molar-refractivity contribution in [1.29, 1.82) is 0 Å². The number of carbonyl (C=O) groups is 1. The molecule has 24 heavy (non-hydrogen) atoms. The summed E-state index contributed by atoms with van der Waals surface area (Å²) < 4.78 is 11.5. The van der Waals surface area contributed by atoms with Gasteiger partial charge in [0.1, 0.15) is 12.4 Å². The van der Waals surface area contributed by atoms with Crippen LogP contribution in [0, 0.1) is 5.92 Å². The Bertz CT molecular complexity index is 572. The van der Waals surface area contributed by atoms with Crippen LogP contribution in [0.1, 0.15) is 16.8 Å². The SMILES string of the molecule is C=CCOc1ccc(C(=O)N2CCC3CN(C)CCOC3C2)cc1. The van der Waals surface area contributed by atoms with Gasteiger partial charge in [0.25, 0.3) is 5.91 Å². The average Bonchev–Trinajstić information content (AvgIpc) is 2.79. The Morgan fingerprint density at radius 1 is 1.33 bits per heavy atom. The number of nitrogens with zero attached hydrogens (tertiary/aromatic N) is 2. The van der Waals surface area contributed by atoms with Crippen molar-refractivity contribution in [1.82, 2.24) is 9.80 Å². The summed E-state index contributed by atoms with van der Waals surface area (Å²) in [4.78, 5) is 17.0. The van der Waals surface area contributed by atoms with Gasteiger partial charge in [0, 0.05) is 37.7 Å². The molecule has 2 unspecified atom stereocenters. The molecule has 130 valence electrons. The molecule has 0 aromatic heterocycles. The molecule has 1 aromatic rings. The highest BCUT2D eigenvalue weighted by Crippen LogP contribution is 2.25. The molecule has 0 radical (unpaired) electrons. The Labute approximate surface area is 143 Å². The zero-order valence-electron chi connectivity index (χ0n) is 14.3. The number of fused-ring (bicyclic) bond motifs is 1. The third-order valence-electron chi connectivity index (χ3n) is 4.80. The number of likely N-dealkylation sites (N-methyl/N-ethyl adjacent to an activating group) is 1. The molecule has 1 aromatic carbocycles. The number of amides is 1. The van der Waals surface area contributed by atoms with Crippen molar-refractivity contribution in [3.05, 3.63) is 42.5 Å². The molecule has 0 bridgehead atoms. The fourth-order valence-corrected chi connectivity index (χ4v) is 3.43. The van der Waals surface area contributed by atoms with Crippen LogP contribution in [-0.4, -0.2) is 68.3 Å². The summed E-state index contributed by atoms with van der Waals surface area (Å²) in [5.74, 6) is 1.35. The number of piperidine rings is 1. The molecule has 2 aliphatic rings. The third kappa shape index (κ3) is 3.97. The fourth-order valence-electron chi connectivity index (χ4n) is 3.43. The van der Waals surface area contributed by atoms with E-state index in [2.05, 4.69) is 18.5 Å². The molecule has 1 amide bonds. The number of rotatable bonds is 4. The summed E-state index contributed by atoms with van der Waals surface area (Å²) in [6, 6.07) is 7.32. The monoisotopic (exact) mass is 330 g/mol. The van der Waals surface area contributed by atoms with Crippen LogP contribution in [0.15, 0.2) is 36.9 Å². The van der Waals surface area contributed by atoms with Gasteiger partial charge in [0.15, 0.2) is 0 Å². The lowest BCUT2D eigenvalue weighted by Gasteiger charge is -2.37. The molecule has 2 fully saturated rings. The van der Waals surface area contributed by atoms with E-state index >= 15 is 0 Å². The second-order valence-corrected chi connectivity index (χ2v) is 6.60. The molecule has 0 N–H and O–H groups in total. The van der Waals surface area contributed by atoms with Crippen molar-refractivity contribution < 1.29 is 14.3 Å². The minimum Gasteiger partial charge on any atom is -0.490 e. The maximum Gasteiger partial charge on any atom is 0.253 e. The first-order chi connectivity index (χ1) is 11.7. The molecule has 2 aliphatic heterocycles. The van der Waals surface area contributed by atoms with E-state index in [0.29, 0.717) is 24.6 Å². The van der Waals surface area contributed by atoms with Crippen molar-refractivity contribution in [2.24, 2.45) is 5.92 Å². The predicted molar refractivity (Wildman–Crippen MR) is 93.4 cm³/mol. The lowest BCUT2D eigenvalue weighted by Crippen LogP contribution is -2.48. The fraction of sp³-hybridized carbons (Fsp3) is 0.526. The highest BCUT2D eigenvalue weighted by Gasteiger charge is 2.34. The smallest absolute Gasteiger partial charge is 0.253 e. The van der Waals surface area contributed by atoms with Gasteiger partial charge < -0.3 is 19.3 Å². The number of benzene rings is 1. The molecule has 2 heterocycles. The van der Waals surface area contributed by atoms with Crippen molar-refractivity contribution in [2.45, 2.75) is 12.5 Å². The van der Waals surface area contributed by atoms with Crippen LogP contribution in [0.2, 0.25) is 0 Å². The summed E-state index contributed by atoms with van der Waals surface area (Å²) in [6.07, 6.45) is 2.86. The molecule has 0 aliphatic carbocycles. The molecule has 0 spiro atoms. The Kier molecular flexibility index (Phi) is 5.53. The van der Waals surface area contributed by atoms with Gasteiger partial charge in [-0.25, -0.2) is 0 Å². The normalized spacial score (nSPS) is 24.8. The van der Waals surface area contributed by atoms with Crippen LogP contribution in [-0.2, 0) is 4.74 Å². The number of hydrogen-bond acceptors (Lipinski definition) is 4. The van der Waals surface area contributed by atoms with Gasteiger partial charge >= 0.3 is 0 Å². The zero-order chi connectivity index (χ0) is 16.9. The Morgan fingerprint density at radius 2 is 2.12 bits per heavy atom. The largest absolute Gasteiger partial charge is 0.490 e. The van der Waals surface area contributed by atoms with Gasteiger partial charge in [0.05, 0.1) is 12.7 Å². The first-order valence-corrected chi connectivity index (χ1v) is 8.60. The second kappa shape index (κ2) is 7.81. The maximum absolute atomic E-state index is 12.8. The van der Waals surface area contributed by atoms with Crippen LogP contribution in [0.3, 0.4) is 0 Å². The third-order valence-corrected chi connectivity index (χ3v) is 4.80. The van der Waals surface area contributed by atoms with Crippen molar-refractivity contribution >= 4 is 5.91 Å². The highest BCUT2D eigenvalue weighted by atomic mass is 16.5. The molecular weight excluding hydrogens is 304 g/mol. The second-order valence-electron chi connectivity index (χ2n) is 6.60. The standard InChI is InChI=1S/C19H26N2O3/c1-3-11-23-17-6-4-15(5-7-17)19(22)21-9-8-16-13-20(2)10-12-24-18(16)14-21/h3-7,16,18H,1,8-14H2,2H3. The molecule has 5 nitrogen and oxygen atoms in total. The molecule has 2 atom stereocenters. The first-order valence-electron chi connectivity index (χ1n) is 8.60. The van der Waals surface area contributed by atoms with Crippen molar-refractivity contribution in [3.8, 4) is 5.75 Å². The van der Waals surface area contributed by atoms with Gasteiger partial charge in [-0.1, -0.05) is 12.7 Å². The number of hydrogen-bond donors (Lipinski definition) is 0. The van der Waals surface area contributed by atoms with Gasteiger partial charge in [-0.3, -0.25) is 4.79 Å². The average molecular weight is 330 g/mol. The maximum atomic E-state index is 12.8. The number of carbonyl (C=O) groups excluding carboxylic acids is 1. The predicted octanol–water partition coefficient (Wildman–Crippen LogP) is 2.04. The van der Waals surface area contributed by atoms with Gasteiger partial charge in [-0.15, -0.1) is 0 Å². The molecule has 3 rings (SSSR count). The van der Waals surface area contributed by atoms with E-state index in [4.69, 9.17) is 9.47 Å². The first kappa shape index (κ1) is 17.0. The summed E-state index contributed by atoms with van der Waals surface area (Å²) >= 11 is 0. The topological polar surface area (TPSA) is 42.0 Å². The lowest BCUT2D eigenvalue weighted by molar-refractivity contribution is -0.0170. The quantitative estimate of drug-likeness (QED) is 0.793. The van der Waals surface area contributed by atoms with Gasteiger partial charge in [-0.05, 0) is 37.7 Å². The van der Waals surface area contributed by atoms with Gasteiger partial charge in [0.2, 0.25) is 0 Å².